The first-order valence-corrected chi connectivity index (χ1v) is 7.18. The van der Waals surface area contributed by atoms with Crippen molar-refractivity contribution in [2.75, 3.05) is 33.4 Å². The summed E-state index contributed by atoms with van der Waals surface area (Å²) in [5.74, 6) is 0.0209. The second-order valence-corrected chi connectivity index (χ2v) is 4.91. The van der Waals surface area contributed by atoms with E-state index < -0.39 is 0 Å². The zero-order valence-corrected chi connectivity index (χ0v) is 12.2. The Kier molecular flexibility index (Phi) is 5.55. The molecule has 2 heterocycles. The zero-order chi connectivity index (χ0) is 14.4. The van der Waals surface area contributed by atoms with Crippen molar-refractivity contribution in [3.63, 3.8) is 0 Å². The van der Waals surface area contributed by atoms with Gasteiger partial charge >= 0.3 is 0 Å². The lowest BCUT2D eigenvalue weighted by Gasteiger charge is -2.31. The van der Waals surface area contributed by atoms with E-state index in [0.29, 0.717) is 18.9 Å². The standard InChI is InChI=1S/C14H23N3O3/c1-3-17-9-6-13(15-17)14(18)16-7-4-12(5-8-16)20-11-10-19-2/h6,9,12H,3-5,7-8,10-11H2,1-2H3. The van der Waals surface area contributed by atoms with E-state index in [1.165, 1.54) is 0 Å². The molecule has 112 valence electrons. The number of carbonyl (C=O) groups is 1. The van der Waals surface area contributed by atoms with Gasteiger partial charge in [-0.15, -0.1) is 0 Å². The highest BCUT2D eigenvalue weighted by molar-refractivity contribution is 5.92. The van der Waals surface area contributed by atoms with Crippen LogP contribution in [0.25, 0.3) is 0 Å². The normalized spacial score (nSPS) is 16.6. The van der Waals surface area contributed by atoms with E-state index in [2.05, 4.69) is 5.10 Å². The average Bonchev–Trinajstić information content (AvgIpc) is 2.96. The molecule has 0 N–H and O–H groups in total. The predicted octanol–water partition coefficient (Wildman–Crippen LogP) is 1.17. The van der Waals surface area contributed by atoms with E-state index in [0.717, 1.165) is 32.5 Å². The number of nitrogens with zero attached hydrogens (tertiary/aromatic N) is 3. The molecular weight excluding hydrogens is 258 g/mol. The van der Waals surface area contributed by atoms with Gasteiger partial charge in [-0.25, -0.2) is 0 Å². The maximum absolute atomic E-state index is 12.3. The van der Waals surface area contributed by atoms with Crippen molar-refractivity contribution in [2.45, 2.75) is 32.4 Å². The number of hydrogen-bond acceptors (Lipinski definition) is 4. The van der Waals surface area contributed by atoms with Crippen LogP contribution in [-0.4, -0.2) is 60.1 Å². The molecule has 1 amide bonds. The molecule has 0 bridgehead atoms. The van der Waals surface area contributed by atoms with Gasteiger partial charge in [-0.05, 0) is 25.8 Å². The van der Waals surface area contributed by atoms with Crippen molar-refractivity contribution in [3.05, 3.63) is 18.0 Å². The Balaban J connectivity index is 1.79. The van der Waals surface area contributed by atoms with Crippen LogP contribution in [0, 0.1) is 0 Å². The van der Waals surface area contributed by atoms with E-state index in [1.54, 1.807) is 17.9 Å². The van der Waals surface area contributed by atoms with Crippen LogP contribution in [0.1, 0.15) is 30.3 Å². The summed E-state index contributed by atoms with van der Waals surface area (Å²) in [6, 6.07) is 1.78. The number of aryl methyl sites for hydroxylation is 1. The number of carbonyl (C=O) groups excluding carboxylic acids is 1. The molecule has 1 aromatic rings. The Hall–Kier alpha value is -1.40. The molecule has 1 aliphatic rings. The van der Waals surface area contributed by atoms with E-state index in [9.17, 15) is 4.79 Å². The van der Waals surface area contributed by atoms with Crippen molar-refractivity contribution in [1.82, 2.24) is 14.7 Å². The molecule has 0 atom stereocenters. The van der Waals surface area contributed by atoms with Crippen molar-refractivity contribution < 1.29 is 14.3 Å². The fraction of sp³-hybridized carbons (Fsp3) is 0.714. The van der Waals surface area contributed by atoms with Crippen molar-refractivity contribution >= 4 is 5.91 Å². The predicted molar refractivity (Wildman–Crippen MR) is 74.7 cm³/mol. The first kappa shape index (κ1) is 15.0. The summed E-state index contributed by atoms with van der Waals surface area (Å²) in [6.07, 6.45) is 3.84. The Morgan fingerprint density at radius 1 is 1.40 bits per heavy atom. The van der Waals surface area contributed by atoms with Gasteiger partial charge in [0.15, 0.2) is 0 Å². The number of hydrogen-bond donors (Lipinski definition) is 0. The summed E-state index contributed by atoms with van der Waals surface area (Å²) < 4.78 is 12.4. The zero-order valence-electron chi connectivity index (χ0n) is 12.2. The summed E-state index contributed by atoms with van der Waals surface area (Å²) in [7, 11) is 1.67. The van der Waals surface area contributed by atoms with Crippen molar-refractivity contribution in [1.29, 1.82) is 0 Å². The van der Waals surface area contributed by atoms with Gasteiger partial charge in [-0.3, -0.25) is 9.48 Å². The number of piperidine rings is 1. The van der Waals surface area contributed by atoms with Gasteiger partial charge in [0.1, 0.15) is 5.69 Å². The lowest BCUT2D eigenvalue weighted by atomic mass is 10.1. The topological polar surface area (TPSA) is 56.6 Å². The van der Waals surface area contributed by atoms with Crippen LogP contribution in [-0.2, 0) is 16.0 Å². The molecule has 0 aromatic carbocycles. The Bertz CT molecular complexity index is 425. The minimum absolute atomic E-state index is 0.0209. The summed E-state index contributed by atoms with van der Waals surface area (Å²) >= 11 is 0. The van der Waals surface area contributed by atoms with E-state index in [-0.39, 0.29) is 12.0 Å². The van der Waals surface area contributed by atoms with E-state index >= 15 is 0 Å². The van der Waals surface area contributed by atoms with Crippen molar-refractivity contribution in [2.24, 2.45) is 0 Å². The SMILES string of the molecule is CCn1ccc(C(=O)N2CCC(OCCOC)CC2)n1. The van der Waals surface area contributed by atoms with Gasteiger partial charge in [0.05, 0.1) is 19.3 Å². The Morgan fingerprint density at radius 2 is 2.15 bits per heavy atom. The monoisotopic (exact) mass is 281 g/mol. The van der Waals surface area contributed by atoms with Crippen LogP contribution < -0.4 is 0 Å². The first-order chi connectivity index (χ1) is 9.74. The Labute approximate surface area is 119 Å². The number of aromatic nitrogens is 2. The van der Waals surface area contributed by atoms with Crippen LogP contribution in [0.5, 0.6) is 0 Å². The molecule has 2 rings (SSSR count). The molecule has 0 spiro atoms. The fourth-order valence-electron chi connectivity index (χ4n) is 2.34. The smallest absolute Gasteiger partial charge is 0.274 e. The minimum atomic E-state index is 0.0209. The molecule has 6 nitrogen and oxygen atoms in total. The van der Waals surface area contributed by atoms with Crippen LogP contribution in [0.2, 0.25) is 0 Å². The largest absolute Gasteiger partial charge is 0.382 e. The van der Waals surface area contributed by atoms with Gasteiger partial charge in [-0.2, -0.15) is 5.10 Å². The molecule has 1 saturated heterocycles. The van der Waals surface area contributed by atoms with E-state index in [4.69, 9.17) is 9.47 Å². The summed E-state index contributed by atoms with van der Waals surface area (Å²) in [4.78, 5) is 14.1. The molecule has 0 unspecified atom stereocenters. The lowest BCUT2D eigenvalue weighted by molar-refractivity contribution is -0.0123. The third-order valence-corrected chi connectivity index (χ3v) is 3.55. The molecule has 20 heavy (non-hydrogen) atoms. The molecule has 1 aromatic heterocycles. The molecule has 1 fully saturated rings. The molecule has 1 aliphatic heterocycles. The average molecular weight is 281 g/mol. The van der Waals surface area contributed by atoms with Crippen LogP contribution in [0.15, 0.2) is 12.3 Å². The fourth-order valence-corrected chi connectivity index (χ4v) is 2.34. The highest BCUT2D eigenvalue weighted by Crippen LogP contribution is 2.15. The summed E-state index contributed by atoms with van der Waals surface area (Å²) in [5.41, 5.74) is 0.533. The van der Waals surface area contributed by atoms with Crippen LogP contribution in [0.3, 0.4) is 0 Å². The second-order valence-electron chi connectivity index (χ2n) is 4.91. The molecule has 0 aliphatic carbocycles. The number of likely N-dealkylation sites (tertiary alicyclic amines) is 1. The van der Waals surface area contributed by atoms with Crippen LogP contribution >= 0.6 is 0 Å². The molecule has 6 heteroatoms. The number of rotatable bonds is 6. The highest BCUT2D eigenvalue weighted by atomic mass is 16.5. The van der Waals surface area contributed by atoms with Gasteiger partial charge < -0.3 is 14.4 Å². The minimum Gasteiger partial charge on any atom is -0.382 e. The van der Waals surface area contributed by atoms with Gasteiger partial charge in [0.25, 0.3) is 5.91 Å². The maximum Gasteiger partial charge on any atom is 0.274 e. The first-order valence-electron chi connectivity index (χ1n) is 7.18. The summed E-state index contributed by atoms with van der Waals surface area (Å²) in [6.45, 7) is 5.49. The second kappa shape index (κ2) is 7.40. The van der Waals surface area contributed by atoms with Gasteiger partial charge in [-0.1, -0.05) is 0 Å². The van der Waals surface area contributed by atoms with Gasteiger partial charge in [0.2, 0.25) is 0 Å². The van der Waals surface area contributed by atoms with Gasteiger partial charge in [0, 0.05) is 32.9 Å². The number of methoxy groups -OCH3 is 1. The molecule has 0 radical (unpaired) electrons. The third kappa shape index (κ3) is 3.80. The van der Waals surface area contributed by atoms with Crippen molar-refractivity contribution in [3.8, 4) is 0 Å². The van der Waals surface area contributed by atoms with Crippen LogP contribution in [0.4, 0.5) is 0 Å². The number of ether oxygens (including phenoxy) is 2. The lowest BCUT2D eigenvalue weighted by Crippen LogP contribution is -2.41. The third-order valence-electron chi connectivity index (χ3n) is 3.55. The van der Waals surface area contributed by atoms with E-state index in [1.807, 2.05) is 18.0 Å². The maximum atomic E-state index is 12.3. The summed E-state index contributed by atoms with van der Waals surface area (Å²) in [5, 5.41) is 4.26. The Morgan fingerprint density at radius 3 is 2.75 bits per heavy atom. The highest BCUT2D eigenvalue weighted by Gasteiger charge is 2.25. The quantitative estimate of drug-likeness (QED) is 0.735. The molecular formula is C14H23N3O3. The molecule has 0 saturated carbocycles. The number of amides is 1.